The quantitative estimate of drug-likeness (QED) is 0.391. The zero-order chi connectivity index (χ0) is 17.9. The molecule has 5 nitrogen and oxygen atoms in total. The van der Waals surface area contributed by atoms with Gasteiger partial charge in [0, 0.05) is 31.9 Å². The maximum atomic E-state index is 12.2. The van der Waals surface area contributed by atoms with Gasteiger partial charge in [-0.1, -0.05) is 32.0 Å². The van der Waals surface area contributed by atoms with Gasteiger partial charge in [0.25, 0.3) is 0 Å². The van der Waals surface area contributed by atoms with E-state index in [1.54, 1.807) is 0 Å². The number of guanidine groups is 1. The molecule has 1 fully saturated rings. The average molecular weight is 470 g/mol. The summed E-state index contributed by atoms with van der Waals surface area (Å²) in [5.41, 5.74) is 2.44. The van der Waals surface area contributed by atoms with Crippen LogP contribution in [-0.4, -0.2) is 42.9 Å². The molecule has 0 aliphatic carbocycles. The van der Waals surface area contributed by atoms with E-state index in [-0.39, 0.29) is 35.8 Å². The van der Waals surface area contributed by atoms with Crippen LogP contribution in [0.25, 0.3) is 0 Å². The van der Waals surface area contributed by atoms with E-state index in [4.69, 9.17) is 4.99 Å². The Morgan fingerprint density at radius 1 is 1.38 bits per heavy atom. The van der Waals surface area contributed by atoms with Gasteiger partial charge in [0.1, 0.15) is 0 Å². The van der Waals surface area contributed by atoms with E-state index < -0.39 is 0 Å². The van der Waals surface area contributed by atoms with Crippen LogP contribution in [0.4, 0.5) is 5.69 Å². The van der Waals surface area contributed by atoms with Crippen molar-refractivity contribution in [2.45, 2.75) is 46.0 Å². The molecule has 6 heteroatoms. The summed E-state index contributed by atoms with van der Waals surface area (Å²) in [6, 6.07) is 7.96. The number of carbonyl (C=O) groups is 1. The molecule has 0 radical (unpaired) electrons. The number of hydrogen-bond donors (Lipinski definition) is 2. The third-order valence-corrected chi connectivity index (χ3v) is 5.64. The van der Waals surface area contributed by atoms with Crippen molar-refractivity contribution in [3.63, 3.8) is 0 Å². The Morgan fingerprint density at radius 3 is 2.85 bits per heavy atom. The van der Waals surface area contributed by atoms with Gasteiger partial charge >= 0.3 is 0 Å². The molecule has 2 N–H and O–H groups in total. The molecule has 26 heavy (non-hydrogen) atoms. The predicted octanol–water partition coefficient (Wildman–Crippen LogP) is 3.82. The van der Waals surface area contributed by atoms with E-state index in [9.17, 15) is 4.79 Å². The molecule has 0 aromatic heterocycles. The van der Waals surface area contributed by atoms with Crippen molar-refractivity contribution in [1.82, 2.24) is 10.2 Å². The molecule has 144 valence electrons. The third kappa shape index (κ3) is 4.50. The first-order chi connectivity index (χ1) is 12.1. The topological polar surface area (TPSA) is 56.7 Å². The van der Waals surface area contributed by atoms with Crippen molar-refractivity contribution in [3.8, 4) is 0 Å². The van der Waals surface area contributed by atoms with Crippen molar-refractivity contribution in [1.29, 1.82) is 0 Å². The van der Waals surface area contributed by atoms with Gasteiger partial charge in [-0.2, -0.15) is 0 Å². The summed E-state index contributed by atoms with van der Waals surface area (Å²) in [5, 5.41) is 6.39. The van der Waals surface area contributed by atoms with E-state index in [0.29, 0.717) is 12.0 Å². The summed E-state index contributed by atoms with van der Waals surface area (Å²) in [7, 11) is 0. The number of likely N-dealkylation sites (tertiary alicyclic amines) is 1. The number of nitrogens with zero attached hydrogens (tertiary/aromatic N) is 2. The summed E-state index contributed by atoms with van der Waals surface area (Å²) in [4.78, 5) is 19.4. The third-order valence-electron chi connectivity index (χ3n) is 5.64. The van der Waals surface area contributed by atoms with Gasteiger partial charge in [-0.05, 0) is 43.2 Å². The SMILES string of the molecule is CCNC(=NCCC1C(=O)Nc2ccccc21)N1CCC(C)(CC)C1.I. The van der Waals surface area contributed by atoms with Crippen LogP contribution in [0.15, 0.2) is 29.3 Å². The Labute approximate surface area is 174 Å². The van der Waals surface area contributed by atoms with Gasteiger partial charge in [0.15, 0.2) is 5.96 Å². The lowest BCUT2D eigenvalue weighted by Crippen LogP contribution is -2.41. The fourth-order valence-electron chi connectivity index (χ4n) is 3.78. The number of nitrogens with one attached hydrogen (secondary N) is 2. The van der Waals surface area contributed by atoms with Crippen LogP contribution in [0.5, 0.6) is 0 Å². The van der Waals surface area contributed by atoms with Gasteiger partial charge < -0.3 is 15.5 Å². The van der Waals surface area contributed by atoms with Crippen molar-refractivity contribution in [3.05, 3.63) is 29.8 Å². The van der Waals surface area contributed by atoms with Crippen LogP contribution in [0, 0.1) is 5.41 Å². The number of amides is 1. The van der Waals surface area contributed by atoms with E-state index >= 15 is 0 Å². The van der Waals surface area contributed by atoms with Crippen LogP contribution < -0.4 is 10.6 Å². The molecule has 0 spiro atoms. The number of hydrogen-bond acceptors (Lipinski definition) is 2. The lowest BCUT2D eigenvalue weighted by atomic mass is 9.87. The maximum Gasteiger partial charge on any atom is 0.232 e. The molecular formula is C20H31IN4O. The summed E-state index contributed by atoms with van der Waals surface area (Å²) in [6.45, 7) is 10.4. The molecule has 1 saturated heterocycles. The first-order valence-electron chi connectivity index (χ1n) is 9.49. The zero-order valence-electron chi connectivity index (χ0n) is 16.0. The van der Waals surface area contributed by atoms with Gasteiger partial charge in [0.2, 0.25) is 5.91 Å². The Morgan fingerprint density at radius 2 is 2.15 bits per heavy atom. The summed E-state index contributed by atoms with van der Waals surface area (Å²) in [5.74, 6) is 1.01. The van der Waals surface area contributed by atoms with Crippen LogP contribution in [-0.2, 0) is 4.79 Å². The molecule has 2 atom stereocenters. The van der Waals surface area contributed by atoms with Crippen molar-refractivity contribution in [2.75, 3.05) is 31.5 Å². The molecular weight excluding hydrogens is 439 g/mol. The minimum atomic E-state index is -0.0812. The summed E-state index contributed by atoms with van der Waals surface area (Å²) in [6.07, 6.45) is 3.16. The second-order valence-corrected chi connectivity index (χ2v) is 7.49. The molecule has 0 saturated carbocycles. The number of anilines is 1. The van der Waals surface area contributed by atoms with Crippen LogP contribution >= 0.6 is 24.0 Å². The van der Waals surface area contributed by atoms with Crippen LogP contribution in [0.2, 0.25) is 0 Å². The number of benzene rings is 1. The molecule has 1 amide bonds. The molecule has 0 bridgehead atoms. The maximum absolute atomic E-state index is 12.2. The Bertz CT molecular complexity index is 663. The highest BCUT2D eigenvalue weighted by Crippen LogP contribution is 2.35. The van der Waals surface area contributed by atoms with E-state index in [2.05, 4.69) is 36.3 Å². The number of halogens is 1. The first-order valence-corrected chi connectivity index (χ1v) is 9.49. The monoisotopic (exact) mass is 470 g/mol. The lowest BCUT2D eigenvalue weighted by Gasteiger charge is -2.25. The number of rotatable bonds is 5. The standard InChI is InChI=1S/C20H30N4O.HI/c1-4-20(3)11-13-24(14-20)19(21-5-2)22-12-10-16-15-8-6-7-9-17(15)23-18(16)25;/h6-9,16H,4-5,10-14H2,1-3H3,(H,21,22)(H,23,25);1H. The normalized spacial score (nSPS) is 24.9. The molecule has 2 aliphatic heterocycles. The zero-order valence-corrected chi connectivity index (χ0v) is 18.4. The summed E-state index contributed by atoms with van der Waals surface area (Å²) >= 11 is 0. The number of aliphatic imine (C=N–C) groups is 1. The Balaban J connectivity index is 0.00000243. The molecule has 1 aromatic rings. The molecule has 1 aromatic carbocycles. The number of carbonyl (C=O) groups excluding carboxylic acids is 1. The van der Waals surface area contributed by atoms with Gasteiger partial charge in [-0.25, -0.2) is 0 Å². The minimum absolute atomic E-state index is 0. The molecule has 2 heterocycles. The van der Waals surface area contributed by atoms with Gasteiger partial charge in [0.05, 0.1) is 5.92 Å². The highest BCUT2D eigenvalue weighted by atomic mass is 127. The Hall–Kier alpha value is -1.31. The lowest BCUT2D eigenvalue weighted by molar-refractivity contribution is -0.117. The highest BCUT2D eigenvalue weighted by Gasteiger charge is 2.34. The number of para-hydroxylation sites is 1. The highest BCUT2D eigenvalue weighted by molar-refractivity contribution is 14.0. The number of fused-ring (bicyclic) bond motifs is 1. The molecule has 3 rings (SSSR count). The second kappa shape index (κ2) is 9.06. The van der Waals surface area contributed by atoms with Crippen LogP contribution in [0.1, 0.15) is 51.5 Å². The fourth-order valence-corrected chi connectivity index (χ4v) is 3.78. The molecule has 2 unspecified atom stereocenters. The largest absolute Gasteiger partial charge is 0.357 e. The second-order valence-electron chi connectivity index (χ2n) is 7.49. The van der Waals surface area contributed by atoms with Crippen molar-refractivity contribution in [2.24, 2.45) is 10.4 Å². The average Bonchev–Trinajstić information content (AvgIpc) is 3.15. The molecule has 2 aliphatic rings. The fraction of sp³-hybridized carbons (Fsp3) is 0.600. The Kier molecular flexibility index (Phi) is 7.32. The minimum Gasteiger partial charge on any atom is -0.357 e. The smallest absolute Gasteiger partial charge is 0.232 e. The van der Waals surface area contributed by atoms with Crippen LogP contribution in [0.3, 0.4) is 0 Å². The first kappa shape index (κ1) is 21.0. The van der Waals surface area contributed by atoms with Crippen molar-refractivity contribution < 1.29 is 4.79 Å². The predicted molar refractivity (Wildman–Crippen MR) is 118 cm³/mol. The van der Waals surface area contributed by atoms with E-state index in [1.165, 1.54) is 12.8 Å². The summed E-state index contributed by atoms with van der Waals surface area (Å²) < 4.78 is 0. The van der Waals surface area contributed by atoms with Gasteiger partial charge in [-0.3, -0.25) is 9.79 Å². The van der Waals surface area contributed by atoms with E-state index in [1.807, 2.05) is 24.3 Å². The van der Waals surface area contributed by atoms with Gasteiger partial charge in [-0.15, -0.1) is 24.0 Å². The van der Waals surface area contributed by atoms with E-state index in [0.717, 1.165) is 43.3 Å². The van der Waals surface area contributed by atoms with Crippen molar-refractivity contribution >= 4 is 41.5 Å².